The highest BCUT2D eigenvalue weighted by Gasteiger charge is 2.26. The zero-order chi connectivity index (χ0) is 24.8. The predicted octanol–water partition coefficient (Wildman–Crippen LogP) is 5.56. The van der Waals surface area contributed by atoms with Crippen LogP contribution >= 0.6 is 0 Å². The van der Waals surface area contributed by atoms with E-state index < -0.39 is 5.97 Å². The van der Waals surface area contributed by atoms with E-state index in [-0.39, 0.29) is 23.7 Å². The van der Waals surface area contributed by atoms with Crippen molar-refractivity contribution in [3.8, 4) is 5.75 Å². The molecule has 0 bridgehead atoms. The summed E-state index contributed by atoms with van der Waals surface area (Å²) in [6.07, 6.45) is 3.63. The van der Waals surface area contributed by atoms with Crippen LogP contribution in [0.25, 0.3) is 10.8 Å². The molecule has 0 radical (unpaired) electrons. The Morgan fingerprint density at radius 2 is 1.54 bits per heavy atom. The second-order valence-corrected chi connectivity index (χ2v) is 9.30. The van der Waals surface area contributed by atoms with E-state index in [9.17, 15) is 14.4 Å². The maximum absolute atomic E-state index is 12.5. The molecule has 0 spiro atoms. The first-order chi connectivity index (χ1) is 16.9. The van der Waals surface area contributed by atoms with Crippen molar-refractivity contribution >= 4 is 28.4 Å². The molecule has 182 valence electrons. The first-order valence-corrected chi connectivity index (χ1v) is 12.2. The lowest BCUT2D eigenvalue weighted by molar-refractivity contribution is -0.143. The minimum atomic E-state index is -0.727. The highest BCUT2D eigenvalue weighted by molar-refractivity contribution is 5.99. The number of Topliss-reactive ketones (excluding diaryl/α,β-unsaturated/α-hetero) is 1. The maximum Gasteiger partial charge on any atom is 0.306 e. The van der Waals surface area contributed by atoms with Gasteiger partial charge >= 0.3 is 5.97 Å². The summed E-state index contributed by atoms with van der Waals surface area (Å²) in [6, 6.07) is 18.9. The molecule has 0 aliphatic heterocycles. The number of carbonyl (C=O) groups excluding carboxylic acids is 2. The van der Waals surface area contributed by atoms with Crippen molar-refractivity contribution in [3.63, 3.8) is 0 Å². The van der Waals surface area contributed by atoms with Gasteiger partial charge in [0.05, 0.1) is 12.0 Å². The van der Waals surface area contributed by atoms with Crippen LogP contribution in [0.4, 0.5) is 0 Å². The molecular formula is C29H31NO5. The van der Waals surface area contributed by atoms with Crippen LogP contribution in [0.2, 0.25) is 0 Å². The van der Waals surface area contributed by atoms with Gasteiger partial charge in [0.15, 0.2) is 5.78 Å². The fourth-order valence-corrected chi connectivity index (χ4v) is 4.54. The van der Waals surface area contributed by atoms with E-state index in [4.69, 9.17) is 9.84 Å². The lowest BCUT2D eigenvalue weighted by Gasteiger charge is -2.26. The molecule has 6 nitrogen and oxygen atoms in total. The number of carboxylic acid groups (broad SMARTS) is 1. The SMILES string of the molecule is Cc1ccc2cc(C(=O)NCCCC(=O)c3ccc(OC4CCC(C(=O)O)CC4)cc3)ccc2c1. The monoisotopic (exact) mass is 473 g/mol. The zero-order valence-electron chi connectivity index (χ0n) is 20.0. The van der Waals surface area contributed by atoms with Crippen molar-refractivity contribution in [2.75, 3.05) is 6.54 Å². The molecule has 1 saturated carbocycles. The summed E-state index contributed by atoms with van der Waals surface area (Å²) in [5, 5.41) is 14.1. The molecule has 0 heterocycles. The van der Waals surface area contributed by atoms with Gasteiger partial charge in [0.2, 0.25) is 0 Å². The number of aryl methyl sites for hydroxylation is 1. The normalized spacial score (nSPS) is 17.6. The van der Waals surface area contributed by atoms with Gasteiger partial charge in [-0.15, -0.1) is 0 Å². The predicted molar refractivity (Wildman–Crippen MR) is 135 cm³/mol. The maximum atomic E-state index is 12.5. The lowest BCUT2D eigenvalue weighted by atomic mass is 9.87. The Bertz CT molecular complexity index is 1210. The van der Waals surface area contributed by atoms with Gasteiger partial charge in [-0.2, -0.15) is 0 Å². The van der Waals surface area contributed by atoms with Crippen LogP contribution in [0, 0.1) is 12.8 Å². The van der Waals surface area contributed by atoms with Crippen LogP contribution in [0.5, 0.6) is 5.75 Å². The Kier molecular flexibility index (Phi) is 7.80. The number of rotatable bonds is 9. The summed E-state index contributed by atoms with van der Waals surface area (Å²) in [7, 11) is 0. The van der Waals surface area contributed by atoms with Crippen molar-refractivity contribution in [2.45, 2.75) is 51.6 Å². The molecule has 1 aliphatic carbocycles. The first-order valence-electron chi connectivity index (χ1n) is 12.2. The summed E-state index contributed by atoms with van der Waals surface area (Å²) in [6.45, 7) is 2.47. The van der Waals surface area contributed by atoms with E-state index in [1.165, 1.54) is 5.56 Å². The van der Waals surface area contributed by atoms with Crippen molar-refractivity contribution in [2.24, 2.45) is 5.92 Å². The molecule has 1 amide bonds. The van der Waals surface area contributed by atoms with Gasteiger partial charge in [0, 0.05) is 24.1 Å². The average Bonchev–Trinajstić information content (AvgIpc) is 2.86. The van der Waals surface area contributed by atoms with Gasteiger partial charge in [-0.3, -0.25) is 14.4 Å². The van der Waals surface area contributed by atoms with Gasteiger partial charge in [0.25, 0.3) is 5.91 Å². The van der Waals surface area contributed by atoms with Gasteiger partial charge < -0.3 is 15.2 Å². The molecule has 0 aromatic heterocycles. The Labute approximate surface area is 205 Å². The van der Waals surface area contributed by atoms with Gasteiger partial charge in [0.1, 0.15) is 5.75 Å². The van der Waals surface area contributed by atoms with E-state index >= 15 is 0 Å². The molecule has 2 N–H and O–H groups in total. The molecule has 35 heavy (non-hydrogen) atoms. The van der Waals surface area contributed by atoms with E-state index in [1.807, 2.05) is 37.3 Å². The summed E-state index contributed by atoms with van der Waals surface area (Å²) >= 11 is 0. The van der Waals surface area contributed by atoms with Crippen LogP contribution in [0.3, 0.4) is 0 Å². The first kappa shape index (κ1) is 24.5. The van der Waals surface area contributed by atoms with Gasteiger partial charge in [-0.1, -0.05) is 29.8 Å². The van der Waals surface area contributed by atoms with Crippen molar-refractivity contribution in [1.82, 2.24) is 5.32 Å². The van der Waals surface area contributed by atoms with E-state index in [0.29, 0.717) is 49.1 Å². The summed E-state index contributed by atoms with van der Waals surface area (Å²) in [4.78, 5) is 36.1. The van der Waals surface area contributed by atoms with E-state index in [2.05, 4.69) is 11.4 Å². The van der Waals surface area contributed by atoms with Gasteiger partial charge in [-0.05, 0) is 86.2 Å². The zero-order valence-corrected chi connectivity index (χ0v) is 20.0. The Morgan fingerprint density at radius 3 is 2.26 bits per heavy atom. The molecule has 3 aromatic carbocycles. The second-order valence-electron chi connectivity index (χ2n) is 9.30. The summed E-state index contributed by atoms with van der Waals surface area (Å²) in [5.41, 5.74) is 2.41. The molecular weight excluding hydrogens is 442 g/mol. The number of amides is 1. The molecule has 1 aliphatic rings. The van der Waals surface area contributed by atoms with Gasteiger partial charge in [-0.25, -0.2) is 0 Å². The number of benzene rings is 3. The largest absolute Gasteiger partial charge is 0.490 e. The van der Waals surface area contributed by atoms with Crippen molar-refractivity contribution in [1.29, 1.82) is 0 Å². The van der Waals surface area contributed by atoms with Crippen LogP contribution in [-0.4, -0.2) is 35.4 Å². The fourth-order valence-electron chi connectivity index (χ4n) is 4.54. The van der Waals surface area contributed by atoms with Crippen LogP contribution in [0.15, 0.2) is 60.7 Å². The molecule has 0 atom stereocenters. The molecule has 0 unspecified atom stereocenters. The Balaban J connectivity index is 1.20. The molecule has 1 fully saturated rings. The van der Waals surface area contributed by atoms with Crippen molar-refractivity contribution < 1.29 is 24.2 Å². The minimum absolute atomic E-state index is 0.0162. The smallest absolute Gasteiger partial charge is 0.306 e. The van der Waals surface area contributed by atoms with Crippen molar-refractivity contribution in [3.05, 3.63) is 77.4 Å². The second kappa shape index (κ2) is 11.2. The lowest BCUT2D eigenvalue weighted by Crippen LogP contribution is -2.27. The average molecular weight is 474 g/mol. The Hall–Kier alpha value is -3.67. The topological polar surface area (TPSA) is 92.7 Å². The number of aliphatic carboxylic acids is 1. The fraction of sp³-hybridized carbons (Fsp3) is 0.345. The third kappa shape index (κ3) is 6.47. The third-order valence-corrected chi connectivity index (χ3v) is 6.63. The third-order valence-electron chi connectivity index (χ3n) is 6.63. The number of carbonyl (C=O) groups is 3. The van der Waals surface area contributed by atoms with Crippen LogP contribution < -0.4 is 10.1 Å². The molecule has 4 rings (SSSR count). The number of fused-ring (bicyclic) bond motifs is 1. The number of ketones is 1. The quantitative estimate of drug-likeness (QED) is 0.313. The summed E-state index contributed by atoms with van der Waals surface area (Å²) < 4.78 is 5.97. The minimum Gasteiger partial charge on any atom is -0.490 e. The number of nitrogens with one attached hydrogen (secondary N) is 1. The Morgan fingerprint density at radius 1 is 0.886 bits per heavy atom. The molecule has 3 aromatic rings. The highest BCUT2D eigenvalue weighted by Crippen LogP contribution is 2.28. The standard InChI is InChI=1S/C29H31NO5/c1-19-4-5-23-18-24(7-6-22(23)17-19)28(32)30-16-2-3-27(31)20-8-12-25(13-9-20)35-26-14-10-21(11-15-26)29(33)34/h4-9,12-13,17-18,21,26H,2-3,10-11,14-16H2,1H3,(H,30,32)(H,33,34). The molecule has 0 saturated heterocycles. The van der Waals surface area contributed by atoms with E-state index in [0.717, 1.165) is 23.6 Å². The highest BCUT2D eigenvalue weighted by atomic mass is 16.5. The van der Waals surface area contributed by atoms with Crippen LogP contribution in [0.1, 0.15) is 64.8 Å². The number of ether oxygens (including phenoxy) is 1. The number of hydrogen-bond donors (Lipinski definition) is 2. The van der Waals surface area contributed by atoms with E-state index in [1.54, 1.807) is 24.3 Å². The van der Waals surface area contributed by atoms with Crippen LogP contribution in [-0.2, 0) is 4.79 Å². The summed E-state index contributed by atoms with van der Waals surface area (Å²) in [5.74, 6) is -0.419. The number of hydrogen-bond acceptors (Lipinski definition) is 4. The molecule has 6 heteroatoms. The number of carboxylic acids is 1.